The van der Waals surface area contributed by atoms with E-state index < -0.39 is 0 Å². The fourth-order valence-corrected chi connectivity index (χ4v) is 3.41. The number of nitrogens with zero attached hydrogens (tertiary/aromatic N) is 2. The third kappa shape index (κ3) is 5.21. The number of ether oxygens (including phenoxy) is 3. The molecule has 0 aliphatic heterocycles. The quantitative estimate of drug-likeness (QED) is 0.541. The summed E-state index contributed by atoms with van der Waals surface area (Å²) < 4.78 is 16.0. The predicted molar refractivity (Wildman–Crippen MR) is 118 cm³/mol. The van der Waals surface area contributed by atoms with Crippen LogP contribution in [0.4, 0.5) is 5.69 Å². The molecule has 1 heterocycles. The average Bonchev–Trinajstić information content (AvgIpc) is 2.77. The van der Waals surface area contributed by atoms with E-state index in [-0.39, 0.29) is 11.7 Å². The lowest BCUT2D eigenvalue weighted by Gasteiger charge is -2.11. The van der Waals surface area contributed by atoms with Crippen LogP contribution in [0.25, 0.3) is 11.3 Å². The van der Waals surface area contributed by atoms with Gasteiger partial charge in [-0.3, -0.25) is 4.79 Å². The Bertz CT molecular complexity index is 1030. The van der Waals surface area contributed by atoms with Crippen LogP contribution >= 0.6 is 11.8 Å². The summed E-state index contributed by atoms with van der Waals surface area (Å²) in [4.78, 5) is 12.3. The summed E-state index contributed by atoms with van der Waals surface area (Å²) in [5, 5.41) is 12.0. The van der Waals surface area contributed by atoms with Gasteiger partial charge in [-0.25, -0.2) is 0 Å². The molecule has 0 unspecified atom stereocenters. The molecule has 1 aromatic heterocycles. The van der Waals surface area contributed by atoms with Crippen molar-refractivity contribution in [3.63, 3.8) is 0 Å². The smallest absolute Gasteiger partial charge is 0.234 e. The molecule has 30 heavy (non-hydrogen) atoms. The van der Waals surface area contributed by atoms with Crippen LogP contribution in [0.15, 0.2) is 53.6 Å². The number of aryl methyl sites for hydroxylation is 1. The molecule has 8 heteroatoms. The number of thioether (sulfide) groups is 1. The van der Waals surface area contributed by atoms with Crippen molar-refractivity contribution < 1.29 is 19.0 Å². The summed E-state index contributed by atoms with van der Waals surface area (Å²) >= 11 is 1.30. The summed E-state index contributed by atoms with van der Waals surface area (Å²) in [6.07, 6.45) is 0. The first-order valence-electron chi connectivity index (χ1n) is 9.17. The first-order chi connectivity index (χ1) is 14.5. The molecule has 0 spiro atoms. The minimum Gasteiger partial charge on any atom is -0.497 e. The van der Waals surface area contributed by atoms with Crippen molar-refractivity contribution in [3.05, 3.63) is 54.1 Å². The van der Waals surface area contributed by atoms with Crippen LogP contribution in [0.1, 0.15) is 5.56 Å². The lowest BCUT2D eigenvalue weighted by Crippen LogP contribution is -2.15. The normalized spacial score (nSPS) is 10.4. The molecule has 3 rings (SSSR count). The third-order valence-corrected chi connectivity index (χ3v) is 5.22. The zero-order valence-electron chi connectivity index (χ0n) is 17.3. The van der Waals surface area contributed by atoms with E-state index in [1.807, 2.05) is 55.5 Å². The van der Waals surface area contributed by atoms with Gasteiger partial charge in [0.25, 0.3) is 0 Å². The van der Waals surface area contributed by atoms with E-state index in [9.17, 15) is 4.79 Å². The standard InChI is InChI=1S/C22H23N3O4S/c1-14-5-8-20(29-4)18(11-14)23-21(26)13-30-22-10-7-17(24-25-22)16-12-15(27-2)6-9-19(16)28-3/h5-12H,13H2,1-4H3,(H,23,26). The Morgan fingerprint density at radius 3 is 2.37 bits per heavy atom. The van der Waals surface area contributed by atoms with Crippen LogP contribution < -0.4 is 19.5 Å². The summed E-state index contributed by atoms with van der Waals surface area (Å²) in [6, 6.07) is 14.8. The molecule has 1 amide bonds. The Morgan fingerprint density at radius 2 is 1.70 bits per heavy atom. The summed E-state index contributed by atoms with van der Waals surface area (Å²) in [5.74, 6) is 2.05. The molecule has 0 bridgehead atoms. The van der Waals surface area contributed by atoms with E-state index >= 15 is 0 Å². The maximum atomic E-state index is 12.3. The number of methoxy groups -OCH3 is 3. The van der Waals surface area contributed by atoms with Gasteiger partial charge in [0.15, 0.2) is 0 Å². The zero-order chi connectivity index (χ0) is 21.5. The number of hydrogen-bond donors (Lipinski definition) is 1. The number of hydrogen-bond acceptors (Lipinski definition) is 7. The number of benzene rings is 2. The Morgan fingerprint density at radius 1 is 0.933 bits per heavy atom. The molecule has 0 fully saturated rings. The average molecular weight is 426 g/mol. The van der Waals surface area contributed by atoms with Gasteiger partial charge in [-0.1, -0.05) is 17.8 Å². The van der Waals surface area contributed by atoms with Crippen molar-refractivity contribution in [2.24, 2.45) is 0 Å². The maximum absolute atomic E-state index is 12.3. The van der Waals surface area contributed by atoms with E-state index in [1.165, 1.54) is 11.8 Å². The van der Waals surface area contributed by atoms with Gasteiger partial charge >= 0.3 is 0 Å². The number of aromatic nitrogens is 2. The molecule has 0 saturated carbocycles. The lowest BCUT2D eigenvalue weighted by atomic mass is 10.1. The molecular weight excluding hydrogens is 402 g/mol. The number of rotatable bonds is 8. The molecular formula is C22H23N3O4S. The minimum atomic E-state index is -0.149. The molecule has 3 aromatic rings. The van der Waals surface area contributed by atoms with Gasteiger partial charge in [0.1, 0.15) is 22.3 Å². The number of nitrogens with one attached hydrogen (secondary N) is 1. The van der Waals surface area contributed by atoms with Gasteiger partial charge in [0.05, 0.1) is 38.5 Å². The fraction of sp³-hybridized carbons (Fsp3) is 0.227. The summed E-state index contributed by atoms with van der Waals surface area (Å²) in [7, 11) is 4.78. The molecule has 1 N–H and O–H groups in total. The predicted octanol–water partition coefficient (Wildman–Crippen LogP) is 4.21. The van der Waals surface area contributed by atoms with E-state index in [0.29, 0.717) is 33.7 Å². The molecule has 0 aliphatic rings. The van der Waals surface area contributed by atoms with Gasteiger partial charge in [0, 0.05) is 5.56 Å². The van der Waals surface area contributed by atoms with Crippen molar-refractivity contribution in [1.29, 1.82) is 0 Å². The van der Waals surface area contributed by atoms with Gasteiger partial charge in [-0.15, -0.1) is 10.2 Å². The second kappa shape index (κ2) is 9.98. The van der Waals surface area contributed by atoms with Crippen LogP contribution in [0.3, 0.4) is 0 Å². The van der Waals surface area contributed by atoms with Crippen molar-refractivity contribution in [2.75, 3.05) is 32.4 Å². The van der Waals surface area contributed by atoms with E-state index in [2.05, 4.69) is 15.5 Å². The van der Waals surface area contributed by atoms with Crippen molar-refractivity contribution in [3.8, 4) is 28.5 Å². The van der Waals surface area contributed by atoms with E-state index in [4.69, 9.17) is 14.2 Å². The van der Waals surface area contributed by atoms with Crippen LogP contribution in [0.5, 0.6) is 17.2 Å². The topological polar surface area (TPSA) is 82.6 Å². The Kier molecular flexibility index (Phi) is 7.13. The zero-order valence-corrected chi connectivity index (χ0v) is 18.1. The second-order valence-corrected chi connectivity index (χ2v) is 7.36. The number of carbonyl (C=O) groups excluding carboxylic acids is 1. The van der Waals surface area contributed by atoms with Crippen LogP contribution in [0, 0.1) is 6.92 Å². The minimum absolute atomic E-state index is 0.149. The number of anilines is 1. The number of carbonyl (C=O) groups is 1. The first kappa shape index (κ1) is 21.4. The first-order valence-corrected chi connectivity index (χ1v) is 10.2. The van der Waals surface area contributed by atoms with Gasteiger partial charge in [-0.05, 0) is 55.0 Å². The largest absolute Gasteiger partial charge is 0.497 e. The van der Waals surface area contributed by atoms with E-state index in [1.54, 1.807) is 21.3 Å². The third-order valence-electron chi connectivity index (χ3n) is 4.30. The summed E-state index contributed by atoms with van der Waals surface area (Å²) in [6.45, 7) is 1.96. The van der Waals surface area contributed by atoms with E-state index in [0.717, 1.165) is 11.1 Å². The fourth-order valence-electron chi connectivity index (χ4n) is 2.80. The molecule has 7 nitrogen and oxygen atoms in total. The maximum Gasteiger partial charge on any atom is 0.234 e. The Labute approximate surface area is 179 Å². The van der Waals surface area contributed by atoms with Gasteiger partial charge in [-0.2, -0.15) is 0 Å². The molecule has 0 radical (unpaired) electrons. The molecule has 156 valence electrons. The molecule has 0 saturated heterocycles. The SMILES string of the molecule is COc1ccc(OC)c(-c2ccc(SCC(=O)Nc3cc(C)ccc3OC)nn2)c1. The highest BCUT2D eigenvalue weighted by molar-refractivity contribution is 7.99. The highest BCUT2D eigenvalue weighted by Gasteiger charge is 2.12. The molecule has 0 aliphatic carbocycles. The van der Waals surface area contributed by atoms with Gasteiger partial charge in [0.2, 0.25) is 5.91 Å². The highest BCUT2D eigenvalue weighted by Crippen LogP contribution is 2.32. The van der Waals surface area contributed by atoms with Crippen LogP contribution in [0.2, 0.25) is 0 Å². The van der Waals surface area contributed by atoms with Crippen LogP contribution in [-0.4, -0.2) is 43.2 Å². The van der Waals surface area contributed by atoms with Gasteiger partial charge < -0.3 is 19.5 Å². The van der Waals surface area contributed by atoms with Crippen molar-refractivity contribution >= 4 is 23.4 Å². The molecule has 0 atom stereocenters. The monoisotopic (exact) mass is 425 g/mol. The van der Waals surface area contributed by atoms with Crippen molar-refractivity contribution in [2.45, 2.75) is 11.9 Å². The highest BCUT2D eigenvalue weighted by atomic mass is 32.2. The summed E-state index contributed by atoms with van der Waals surface area (Å²) in [5.41, 5.74) is 3.12. The second-order valence-electron chi connectivity index (χ2n) is 6.36. The van der Waals surface area contributed by atoms with Crippen molar-refractivity contribution in [1.82, 2.24) is 10.2 Å². The Hall–Kier alpha value is -3.26. The number of amides is 1. The molecule has 2 aromatic carbocycles. The lowest BCUT2D eigenvalue weighted by molar-refractivity contribution is -0.113. The van der Waals surface area contributed by atoms with Crippen LogP contribution in [-0.2, 0) is 4.79 Å². The Balaban J connectivity index is 1.65.